The first-order valence-electron chi connectivity index (χ1n) is 3.00. The summed E-state index contributed by atoms with van der Waals surface area (Å²) >= 11 is 0. The van der Waals surface area contributed by atoms with E-state index in [2.05, 4.69) is 5.43 Å². The first-order valence-corrected chi connectivity index (χ1v) is 3.00. The average molecular weight is 147 g/mol. The summed E-state index contributed by atoms with van der Waals surface area (Å²) in [5, 5.41) is 9.94. The van der Waals surface area contributed by atoms with Gasteiger partial charge in [0.05, 0.1) is 12.6 Å². The summed E-state index contributed by atoms with van der Waals surface area (Å²) in [5.41, 5.74) is 7.44. The van der Waals surface area contributed by atoms with Crippen molar-refractivity contribution in [1.82, 2.24) is 10.4 Å². The van der Waals surface area contributed by atoms with Crippen LogP contribution in [-0.4, -0.2) is 35.8 Å². The molecule has 0 aliphatic heterocycles. The van der Waals surface area contributed by atoms with E-state index in [1.807, 2.05) is 0 Å². The van der Waals surface area contributed by atoms with Crippen molar-refractivity contribution < 1.29 is 9.90 Å². The molecule has 60 valence electrons. The maximum Gasteiger partial charge on any atom is 0.329 e. The van der Waals surface area contributed by atoms with E-state index >= 15 is 0 Å². The second-order valence-corrected chi connectivity index (χ2v) is 2.02. The van der Waals surface area contributed by atoms with Crippen LogP contribution in [0.2, 0.25) is 0 Å². The number of carbonyl (C=O) groups excluding carboxylic acids is 1. The molecule has 0 saturated heterocycles. The number of hydrazine groups is 1. The minimum Gasteiger partial charge on any atom is -0.392 e. The van der Waals surface area contributed by atoms with Gasteiger partial charge in [-0.3, -0.25) is 5.01 Å². The first-order chi connectivity index (χ1) is 4.57. The molecule has 4 N–H and O–H groups in total. The van der Waals surface area contributed by atoms with E-state index in [1.165, 1.54) is 0 Å². The van der Waals surface area contributed by atoms with Crippen LogP contribution < -0.4 is 11.2 Å². The molecule has 0 aliphatic carbocycles. The van der Waals surface area contributed by atoms with Crippen molar-refractivity contribution in [3.63, 3.8) is 0 Å². The number of hydrogen-bond acceptors (Lipinski definition) is 3. The second kappa shape index (κ2) is 4.08. The van der Waals surface area contributed by atoms with Crippen molar-refractivity contribution in [2.75, 3.05) is 13.6 Å². The highest BCUT2D eigenvalue weighted by molar-refractivity contribution is 5.71. The Morgan fingerprint density at radius 3 is 2.50 bits per heavy atom. The van der Waals surface area contributed by atoms with Crippen LogP contribution in [0.5, 0.6) is 0 Å². The lowest BCUT2D eigenvalue weighted by atomic mass is 10.4. The highest BCUT2D eigenvalue weighted by Gasteiger charge is 2.08. The minimum atomic E-state index is -0.594. The molecule has 0 rings (SSSR count). The fourth-order valence-corrected chi connectivity index (χ4v) is 0.556. The van der Waals surface area contributed by atoms with Gasteiger partial charge in [0.15, 0.2) is 0 Å². The zero-order chi connectivity index (χ0) is 8.15. The summed E-state index contributed by atoms with van der Waals surface area (Å²) in [6, 6.07) is -0.594. The van der Waals surface area contributed by atoms with Crippen LogP contribution in [0.3, 0.4) is 0 Å². The third-order valence-corrected chi connectivity index (χ3v) is 0.983. The Labute approximate surface area is 59.8 Å². The van der Waals surface area contributed by atoms with Crippen LogP contribution in [0.4, 0.5) is 4.79 Å². The van der Waals surface area contributed by atoms with Crippen molar-refractivity contribution in [1.29, 1.82) is 0 Å². The summed E-state index contributed by atoms with van der Waals surface area (Å²) in [6.45, 7) is 1.78. The van der Waals surface area contributed by atoms with Crippen molar-refractivity contribution in [3.8, 4) is 0 Å². The van der Waals surface area contributed by atoms with Crippen LogP contribution in [0.1, 0.15) is 6.92 Å². The number of amides is 2. The number of urea groups is 1. The number of carbonyl (C=O) groups is 1. The first kappa shape index (κ1) is 9.19. The van der Waals surface area contributed by atoms with Gasteiger partial charge in [-0.25, -0.2) is 10.2 Å². The molecule has 2 amide bonds. The van der Waals surface area contributed by atoms with Crippen molar-refractivity contribution in [3.05, 3.63) is 0 Å². The van der Waals surface area contributed by atoms with Gasteiger partial charge in [-0.05, 0) is 6.92 Å². The van der Waals surface area contributed by atoms with E-state index in [1.54, 1.807) is 14.0 Å². The predicted octanol–water partition coefficient (Wildman–Crippen LogP) is -1.12. The summed E-state index contributed by atoms with van der Waals surface area (Å²) in [7, 11) is 1.56. The zero-order valence-electron chi connectivity index (χ0n) is 6.16. The lowest BCUT2D eigenvalue weighted by molar-refractivity contribution is 0.118. The van der Waals surface area contributed by atoms with Crippen molar-refractivity contribution >= 4 is 6.03 Å². The molecule has 0 spiro atoms. The average Bonchev–Trinajstić information content (AvgIpc) is 1.81. The maximum absolute atomic E-state index is 10.4. The SMILES string of the molecule is CNN(CC(C)O)C(N)=O. The largest absolute Gasteiger partial charge is 0.392 e. The summed E-state index contributed by atoms with van der Waals surface area (Å²) in [4.78, 5) is 10.4. The Hall–Kier alpha value is -0.810. The molecule has 1 atom stereocenters. The van der Waals surface area contributed by atoms with Gasteiger partial charge in [0.25, 0.3) is 0 Å². The Bertz CT molecular complexity index is 115. The van der Waals surface area contributed by atoms with Gasteiger partial charge in [0, 0.05) is 7.05 Å². The monoisotopic (exact) mass is 147 g/mol. The standard InChI is InChI=1S/C5H13N3O2/c1-4(9)3-8(7-2)5(6)10/h4,7,9H,3H2,1-2H3,(H2,6,10). The lowest BCUT2D eigenvalue weighted by Gasteiger charge is -2.19. The zero-order valence-corrected chi connectivity index (χ0v) is 6.16. The van der Waals surface area contributed by atoms with Gasteiger partial charge in [-0.1, -0.05) is 0 Å². The molecule has 0 radical (unpaired) electrons. The molecule has 0 aliphatic rings. The van der Waals surface area contributed by atoms with E-state index in [9.17, 15) is 4.79 Å². The molecule has 10 heavy (non-hydrogen) atoms. The summed E-state index contributed by atoms with van der Waals surface area (Å²) in [5.74, 6) is 0. The molecule has 0 aromatic carbocycles. The molecule has 0 heterocycles. The van der Waals surface area contributed by atoms with Gasteiger partial charge >= 0.3 is 6.03 Å². The van der Waals surface area contributed by atoms with Crippen LogP contribution in [0, 0.1) is 0 Å². The van der Waals surface area contributed by atoms with Gasteiger partial charge in [0.2, 0.25) is 0 Å². The quantitative estimate of drug-likeness (QED) is 0.442. The van der Waals surface area contributed by atoms with Gasteiger partial charge in [0.1, 0.15) is 0 Å². The molecular weight excluding hydrogens is 134 g/mol. The topological polar surface area (TPSA) is 78.6 Å². The van der Waals surface area contributed by atoms with Crippen LogP contribution >= 0.6 is 0 Å². The normalized spacial score (nSPS) is 12.7. The van der Waals surface area contributed by atoms with Crippen molar-refractivity contribution in [2.45, 2.75) is 13.0 Å². The molecular formula is C5H13N3O2. The highest BCUT2D eigenvalue weighted by atomic mass is 16.3. The van der Waals surface area contributed by atoms with Crippen LogP contribution in [0.25, 0.3) is 0 Å². The molecule has 0 aromatic heterocycles. The Morgan fingerprint density at radius 2 is 2.40 bits per heavy atom. The molecule has 0 aromatic rings. The molecule has 0 fully saturated rings. The van der Waals surface area contributed by atoms with E-state index in [4.69, 9.17) is 10.8 Å². The van der Waals surface area contributed by atoms with E-state index in [-0.39, 0.29) is 6.54 Å². The van der Waals surface area contributed by atoms with E-state index in [0.717, 1.165) is 5.01 Å². The van der Waals surface area contributed by atoms with Gasteiger partial charge < -0.3 is 10.8 Å². The molecule has 0 saturated carbocycles. The highest BCUT2D eigenvalue weighted by Crippen LogP contribution is 1.85. The van der Waals surface area contributed by atoms with E-state index in [0.29, 0.717) is 0 Å². The Morgan fingerprint density at radius 1 is 1.90 bits per heavy atom. The van der Waals surface area contributed by atoms with E-state index < -0.39 is 12.1 Å². The Balaban J connectivity index is 3.72. The maximum atomic E-state index is 10.4. The van der Waals surface area contributed by atoms with Gasteiger partial charge in [-0.15, -0.1) is 0 Å². The number of primary amides is 1. The van der Waals surface area contributed by atoms with Crippen molar-refractivity contribution in [2.24, 2.45) is 5.73 Å². The number of hydrogen-bond donors (Lipinski definition) is 3. The third kappa shape index (κ3) is 3.26. The number of rotatable bonds is 3. The molecule has 5 heteroatoms. The number of nitrogens with two attached hydrogens (primary N) is 1. The number of nitrogens with one attached hydrogen (secondary N) is 1. The predicted molar refractivity (Wildman–Crippen MR) is 37.0 cm³/mol. The fraction of sp³-hybridized carbons (Fsp3) is 0.800. The number of nitrogens with zero attached hydrogens (tertiary/aromatic N) is 1. The van der Waals surface area contributed by atoms with Crippen LogP contribution in [0.15, 0.2) is 0 Å². The molecule has 5 nitrogen and oxygen atoms in total. The third-order valence-electron chi connectivity index (χ3n) is 0.983. The minimum absolute atomic E-state index is 0.200. The van der Waals surface area contributed by atoms with Gasteiger partial charge in [-0.2, -0.15) is 0 Å². The summed E-state index contributed by atoms with van der Waals surface area (Å²) < 4.78 is 0. The smallest absolute Gasteiger partial charge is 0.329 e. The van der Waals surface area contributed by atoms with Crippen LogP contribution in [-0.2, 0) is 0 Å². The number of aliphatic hydroxyl groups is 1. The fourth-order valence-electron chi connectivity index (χ4n) is 0.556. The summed E-state index contributed by atoms with van der Waals surface area (Å²) in [6.07, 6.45) is -0.569. The lowest BCUT2D eigenvalue weighted by Crippen LogP contribution is -2.47. The molecule has 1 unspecified atom stereocenters. The second-order valence-electron chi connectivity index (χ2n) is 2.02. The molecule has 0 bridgehead atoms. The Kier molecular flexibility index (Phi) is 3.75. The number of aliphatic hydroxyl groups excluding tert-OH is 1.